The molecule has 1 aromatic rings. The highest BCUT2D eigenvalue weighted by atomic mass is 19.4. The molecule has 1 saturated heterocycles. The zero-order valence-corrected chi connectivity index (χ0v) is 14.5. The minimum absolute atomic E-state index is 0.0820. The van der Waals surface area contributed by atoms with Gasteiger partial charge < -0.3 is 4.90 Å². The second kappa shape index (κ2) is 6.07. The second-order valence-corrected chi connectivity index (χ2v) is 7.69. The van der Waals surface area contributed by atoms with Crippen molar-refractivity contribution in [3.63, 3.8) is 0 Å². The lowest BCUT2D eigenvalue weighted by Crippen LogP contribution is -2.37. The van der Waals surface area contributed by atoms with Crippen LogP contribution in [0.15, 0.2) is 30.9 Å². The quantitative estimate of drug-likeness (QED) is 0.437. The molecule has 4 rings (SSSR count). The monoisotopic (exact) mass is 380 g/mol. The molecule has 144 valence electrons. The van der Waals surface area contributed by atoms with Gasteiger partial charge in [0.2, 0.25) is 5.91 Å². The number of alkyl halides is 3. The van der Waals surface area contributed by atoms with E-state index in [0.29, 0.717) is 18.3 Å². The molecule has 5 unspecified atom stereocenters. The molecule has 0 N–H and O–H groups in total. The number of halogens is 3. The zero-order chi connectivity index (χ0) is 19.5. The van der Waals surface area contributed by atoms with E-state index in [1.165, 1.54) is 11.0 Å². The van der Waals surface area contributed by atoms with E-state index < -0.39 is 22.4 Å². The first-order valence-corrected chi connectivity index (χ1v) is 9.03. The Kier molecular flexibility index (Phi) is 4.05. The highest BCUT2D eigenvalue weighted by molar-refractivity contribution is 5.99. The number of carbonyl (C=O) groups excluding carboxylic acids is 1. The molecule has 27 heavy (non-hydrogen) atoms. The maximum atomic E-state index is 13.4. The lowest BCUT2D eigenvalue weighted by atomic mass is 9.77. The summed E-state index contributed by atoms with van der Waals surface area (Å²) in [5.74, 6) is 0.530. The molecule has 2 saturated carbocycles. The molecule has 2 bridgehead atoms. The van der Waals surface area contributed by atoms with Crippen LogP contribution in [0.3, 0.4) is 0 Å². The number of rotatable bonds is 4. The SMILES string of the molecule is C=CCC1C2C3CCC(C3)C2C(=O)N1c1ccc([N+](=O)[O-])c(C(F)(F)F)c1. The van der Waals surface area contributed by atoms with Crippen molar-refractivity contribution in [3.8, 4) is 0 Å². The van der Waals surface area contributed by atoms with Gasteiger partial charge in [-0.25, -0.2) is 0 Å². The molecule has 1 amide bonds. The number of nitro benzene ring substituents is 1. The fourth-order valence-corrected chi connectivity index (χ4v) is 5.56. The fraction of sp³-hybridized carbons (Fsp3) is 0.526. The second-order valence-electron chi connectivity index (χ2n) is 7.69. The molecular weight excluding hydrogens is 361 g/mol. The normalized spacial score (nSPS) is 32.0. The van der Waals surface area contributed by atoms with Crippen LogP contribution in [0.2, 0.25) is 0 Å². The molecule has 8 heteroatoms. The van der Waals surface area contributed by atoms with Gasteiger partial charge in [0.1, 0.15) is 5.56 Å². The third kappa shape index (κ3) is 2.64. The van der Waals surface area contributed by atoms with E-state index in [4.69, 9.17) is 0 Å². The highest BCUT2D eigenvalue weighted by Gasteiger charge is 2.60. The first kappa shape index (κ1) is 18.0. The predicted molar refractivity (Wildman–Crippen MR) is 92.0 cm³/mol. The number of fused-ring (bicyclic) bond motifs is 5. The molecule has 1 heterocycles. The largest absolute Gasteiger partial charge is 0.423 e. The van der Waals surface area contributed by atoms with Crippen LogP contribution in [0.5, 0.6) is 0 Å². The van der Waals surface area contributed by atoms with Gasteiger partial charge in [-0.05, 0) is 55.6 Å². The van der Waals surface area contributed by atoms with Gasteiger partial charge in [0.15, 0.2) is 0 Å². The summed E-state index contributed by atoms with van der Waals surface area (Å²) in [4.78, 5) is 24.5. The number of hydrogen-bond acceptors (Lipinski definition) is 3. The standard InChI is InChI=1S/C19H19F3N2O3/c1-2-3-15-16-10-4-5-11(8-10)17(16)18(25)23(15)12-6-7-14(24(26)27)13(9-12)19(20,21)22/h2,6-7,9-11,15-17H,1,3-5,8H2. The molecule has 0 spiro atoms. The minimum atomic E-state index is -4.87. The Morgan fingerprint density at radius 1 is 1.30 bits per heavy atom. The van der Waals surface area contributed by atoms with Crippen LogP contribution in [-0.2, 0) is 11.0 Å². The maximum absolute atomic E-state index is 13.4. The summed E-state index contributed by atoms with van der Waals surface area (Å²) in [6.07, 6.45) is 0.361. The number of hydrogen-bond donors (Lipinski definition) is 0. The molecule has 5 atom stereocenters. The van der Waals surface area contributed by atoms with Crippen molar-refractivity contribution < 1.29 is 22.9 Å². The predicted octanol–water partition coefficient (Wildman–Crippen LogP) is 4.57. The topological polar surface area (TPSA) is 63.5 Å². The summed E-state index contributed by atoms with van der Waals surface area (Å²) in [5, 5.41) is 11.0. The third-order valence-electron chi connectivity index (χ3n) is 6.45. The molecule has 5 nitrogen and oxygen atoms in total. The first-order valence-electron chi connectivity index (χ1n) is 9.03. The summed E-state index contributed by atoms with van der Waals surface area (Å²) in [7, 11) is 0. The Hall–Kier alpha value is -2.38. The summed E-state index contributed by atoms with van der Waals surface area (Å²) in [6.45, 7) is 3.74. The van der Waals surface area contributed by atoms with Crippen LogP contribution in [0.4, 0.5) is 24.5 Å². The molecule has 1 aliphatic heterocycles. The smallest absolute Gasteiger partial charge is 0.308 e. The molecular formula is C19H19F3N2O3. The van der Waals surface area contributed by atoms with Crippen molar-refractivity contribution in [3.05, 3.63) is 46.5 Å². The van der Waals surface area contributed by atoms with Crippen LogP contribution in [0.1, 0.15) is 31.2 Å². The minimum Gasteiger partial charge on any atom is -0.308 e. The lowest BCUT2D eigenvalue weighted by molar-refractivity contribution is -0.388. The van der Waals surface area contributed by atoms with Crippen LogP contribution in [0, 0.1) is 33.8 Å². The van der Waals surface area contributed by atoms with Gasteiger partial charge in [0, 0.05) is 23.7 Å². The van der Waals surface area contributed by atoms with E-state index in [0.717, 1.165) is 31.4 Å². The van der Waals surface area contributed by atoms with E-state index >= 15 is 0 Å². The Morgan fingerprint density at radius 2 is 2.00 bits per heavy atom. The summed E-state index contributed by atoms with van der Waals surface area (Å²) in [5.41, 5.74) is -2.24. The summed E-state index contributed by atoms with van der Waals surface area (Å²) in [6, 6.07) is 2.61. The molecule has 0 radical (unpaired) electrons. The van der Waals surface area contributed by atoms with Crippen molar-refractivity contribution in [2.75, 3.05) is 4.90 Å². The number of nitro groups is 1. The molecule has 2 aliphatic carbocycles. The number of carbonyl (C=O) groups is 1. The van der Waals surface area contributed by atoms with Gasteiger partial charge in [0.25, 0.3) is 5.69 Å². The van der Waals surface area contributed by atoms with Gasteiger partial charge >= 0.3 is 6.18 Å². The van der Waals surface area contributed by atoms with E-state index in [9.17, 15) is 28.1 Å². The first-order chi connectivity index (χ1) is 12.7. The van der Waals surface area contributed by atoms with E-state index in [-0.39, 0.29) is 29.5 Å². The van der Waals surface area contributed by atoms with Crippen molar-refractivity contribution in [1.29, 1.82) is 0 Å². The van der Waals surface area contributed by atoms with Crippen molar-refractivity contribution in [1.82, 2.24) is 0 Å². The Bertz CT molecular complexity index is 823. The van der Waals surface area contributed by atoms with E-state index in [2.05, 4.69) is 6.58 Å². The number of amides is 1. The Labute approximate surface area is 154 Å². The third-order valence-corrected chi connectivity index (χ3v) is 6.45. The summed E-state index contributed by atoms with van der Waals surface area (Å²) >= 11 is 0. The average Bonchev–Trinajstić information content (AvgIpc) is 3.27. The van der Waals surface area contributed by atoms with Crippen LogP contribution < -0.4 is 4.90 Å². The van der Waals surface area contributed by atoms with Gasteiger partial charge in [-0.2, -0.15) is 13.2 Å². The lowest BCUT2D eigenvalue weighted by Gasteiger charge is -2.30. The number of benzene rings is 1. The van der Waals surface area contributed by atoms with Gasteiger partial charge in [-0.15, -0.1) is 6.58 Å². The van der Waals surface area contributed by atoms with Crippen molar-refractivity contribution in [2.24, 2.45) is 23.7 Å². The van der Waals surface area contributed by atoms with Crippen LogP contribution >= 0.6 is 0 Å². The highest BCUT2D eigenvalue weighted by Crippen LogP contribution is 2.59. The van der Waals surface area contributed by atoms with Crippen LogP contribution in [0.25, 0.3) is 0 Å². The molecule has 3 fully saturated rings. The molecule has 0 aromatic heterocycles. The molecule has 3 aliphatic rings. The molecule has 1 aromatic carbocycles. The number of nitrogens with zero attached hydrogens (tertiary/aromatic N) is 2. The van der Waals surface area contributed by atoms with Gasteiger partial charge in [0.05, 0.1) is 4.92 Å². The van der Waals surface area contributed by atoms with E-state index in [1.807, 2.05) is 0 Å². The number of anilines is 1. The van der Waals surface area contributed by atoms with E-state index in [1.54, 1.807) is 6.08 Å². The van der Waals surface area contributed by atoms with Crippen LogP contribution in [-0.4, -0.2) is 16.9 Å². The van der Waals surface area contributed by atoms with Gasteiger partial charge in [-0.1, -0.05) is 6.08 Å². The van der Waals surface area contributed by atoms with Crippen molar-refractivity contribution in [2.45, 2.75) is 37.9 Å². The van der Waals surface area contributed by atoms with Crippen molar-refractivity contribution >= 4 is 17.3 Å². The average molecular weight is 380 g/mol. The summed E-state index contributed by atoms with van der Waals surface area (Å²) < 4.78 is 40.1. The maximum Gasteiger partial charge on any atom is 0.423 e. The van der Waals surface area contributed by atoms with Gasteiger partial charge in [-0.3, -0.25) is 14.9 Å². The Morgan fingerprint density at radius 3 is 2.63 bits per heavy atom. The Balaban J connectivity index is 1.79. The zero-order valence-electron chi connectivity index (χ0n) is 14.5. The fourth-order valence-electron chi connectivity index (χ4n) is 5.56.